The molecule has 0 radical (unpaired) electrons. The van der Waals surface area contributed by atoms with Gasteiger partial charge in [0, 0.05) is 18.7 Å². The highest BCUT2D eigenvalue weighted by Crippen LogP contribution is 2.24. The molecular formula is C19H21N3O4S2. The molecule has 1 aromatic heterocycles. The van der Waals surface area contributed by atoms with Crippen molar-refractivity contribution in [2.45, 2.75) is 20.0 Å². The predicted molar refractivity (Wildman–Crippen MR) is 112 cm³/mol. The van der Waals surface area contributed by atoms with Crippen LogP contribution in [0.1, 0.15) is 38.2 Å². The molecule has 2 N–H and O–H groups in total. The minimum atomic E-state index is -0.435. The van der Waals surface area contributed by atoms with Gasteiger partial charge in [0.05, 0.1) is 23.8 Å². The lowest BCUT2D eigenvalue weighted by atomic mass is 10.0. The fourth-order valence-electron chi connectivity index (χ4n) is 2.71. The molecular weight excluding hydrogens is 398 g/mol. The third-order valence-electron chi connectivity index (χ3n) is 4.13. The Labute approximate surface area is 172 Å². The van der Waals surface area contributed by atoms with Gasteiger partial charge in [-0.1, -0.05) is 35.7 Å². The molecule has 28 heavy (non-hydrogen) atoms. The second-order valence-corrected chi connectivity index (χ2v) is 7.55. The smallest absolute Gasteiger partial charge is 0.350 e. The van der Waals surface area contributed by atoms with E-state index >= 15 is 0 Å². The first kappa shape index (κ1) is 20.5. The molecule has 0 aliphatic carbocycles. The summed E-state index contributed by atoms with van der Waals surface area (Å²) in [4.78, 5) is 29.7. The van der Waals surface area contributed by atoms with E-state index in [9.17, 15) is 9.59 Å². The summed E-state index contributed by atoms with van der Waals surface area (Å²) >= 11 is 6.60. The number of aryl methyl sites for hydroxylation is 1. The molecule has 0 bridgehead atoms. The van der Waals surface area contributed by atoms with E-state index in [0.29, 0.717) is 39.3 Å². The van der Waals surface area contributed by atoms with Crippen LogP contribution in [-0.4, -0.2) is 54.1 Å². The SMILES string of the molecule is CCOC(=O)c1sc(NC(=O)c2ccc(C(=S)C3CNCCO3)cc2)nc1C. The van der Waals surface area contributed by atoms with E-state index in [2.05, 4.69) is 15.6 Å². The zero-order valence-corrected chi connectivity index (χ0v) is 17.2. The van der Waals surface area contributed by atoms with Crippen LogP contribution in [0.25, 0.3) is 0 Å². The molecule has 1 aliphatic heterocycles. The van der Waals surface area contributed by atoms with Gasteiger partial charge < -0.3 is 14.8 Å². The van der Waals surface area contributed by atoms with Gasteiger partial charge in [-0.25, -0.2) is 9.78 Å². The Morgan fingerprint density at radius 3 is 2.71 bits per heavy atom. The van der Waals surface area contributed by atoms with Crippen LogP contribution in [0.4, 0.5) is 5.13 Å². The van der Waals surface area contributed by atoms with Crippen molar-refractivity contribution in [1.29, 1.82) is 0 Å². The number of carbonyl (C=O) groups is 2. The van der Waals surface area contributed by atoms with Gasteiger partial charge in [0.15, 0.2) is 5.13 Å². The summed E-state index contributed by atoms with van der Waals surface area (Å²) in [5, 5.41) is 6.32. The van der Waals surface area contributed by atoms with Crippen LogP contribution < -0.4 is 10.6 Å². The van der Waals surface area contributed by atoms with Crippen molar-refractivity contribution >= 4 is 45.4 Å². The summed E-state index contributed by atoms with van der Waals surface area (Å²) in [6, 6.07) is 7.04. The summed E-state index contributed by atoms with van der Waals surface area (Å²) in [5.41, 5.74) is 1.86. The molecule has 1 unspecified atom stereocenters. The number of morpholine rings is 1. The Hall–Kier alpha value is -2.20. The first-order chi connectivity index (χ1) is 13.5. The van der Waals surface area contributed by atoms with Crippen molar-refractivity contribution in [3.05, 3.63) is 46.0 Å². The minimum absolute atomic E-state index is 0.136. The molecule has 1 atom stereocenters. The second-order valence-electron chi connectivity index (χ2n) is 6.11. The Bertz CT molecular complexity index is 874. The zero-order valence-electron chi connectivity index (χ0n) is 15.6. The molecule has 1 aromatic carbocycles. The first-order valence-electron chi connectivity index (χ1n) is 8.92. The van der Waals surface area contributed by atoms with Crippen molar-refractivity contribution in [3.63, 3.8) is 0 Å². The van der Waals surface area contributed by atoms with Gasteiger partial charge >= 0.3 is 5.97 Å². The number of hydrogen-bond acceptors (Lipinski definition) is 8. The van der Waals surface area contributed by atoms with Gasteiger partial charge in [-0.05, 0) is 31.5 Å². The van der Waals surface area contributed by atoms with E-state index in [1.165, 1.54) is 0 Å². The molecule has 0 spiro atoms. The van der Waals surface area contributed by atoms with Gasteiger partial charge in [-0.15, -0.1) is 0 Å². The fourth-order valence-corrected chi connectivity index (χ4v) is 3.85. The van der Waals surface area contributed by atoms with Crippen molar-refractivity contribution in [3.8, 4) is 0 Å². The van der Waals surface area contributed by atoms with E-state index in [4.69, 9.17) is 21.7 Å². The van der Waals surface area contributed by atoms with Gasteiger partial charge in [-0.3, -0.25) is 10.1 Å². The third kappa shape index (κ3) is 4.79. The van der Waals surface area contributed by atoms with Gasteiger partial charge in [0.2, 0.25) is 0 Å². The highest BCUT2D eigenvalue weighted by molar-refractivity contribution is 7.81. The molecule has 1 fully saturated rings. The third-order valence-corrected chi connectivity index (χ3v) is 5.68. The van der Waals surface area contributed by atoms with Crippen molar-refractivity contribution in [1.82, 2.24) is 10.3 Å². The summed E-state index contributed by atoms with van der Waals surface area (Å²) in [6.45, 7) is 5.87. The zero-order chi connectivity index (χ0) is 20.1. The second kappa shape index (κ2) is 9.33. The van der Waals surface area contributed by atoms with Crippen LogP contribution in [0.2, 0.25) is 0 Å². The van der Waals surface area contributed by atoms with E-state index in [1.807, 2.05) is 12.1 Å². The summed E-state index contributed by atoms with van der Waals surface area (Å²) in [7, 11) is 0. The van der Waals surface area contributed by atoms with Gasteiger partial charge in [0.1, 0.15) is 11.0 Å². The van der Waals surface area contributed by atoms with E-state index < -0.39 is 5.97 Å². The van der Waals surface area contributed by atoms with E-state index in [0.717, 1.165) is 23.4 Å². The Kier molecular flexibility index (Phi) is 6.84. The highest BCUT2D eigenvalue weighted by Gasteiger charge is 2.21. The lowest BCUT2D eigenvalue weighted by Crippen LogP contribution is -2.42. The number of thiocarbonyl (C=S) groups is 1. The number of thiazole rings is 1. The van der Waals surface area contributed by atoms with Crippen LogP contribution in [0.15, 0.2) is 24.3 Å². The molecule has 3 rings (SSSR count). The largest absolute Gasteiger partial charge is 0.462 e. The summed E-state index contributed by atoms with van der Waals surface area (Å²) in [6.07, 6.45) is -0.136. The van der Waals surface area contributed by atoms with E-state index in [-0.39, 0.29) is 18.6 Å². The monoisotopic (exact) mass is 419 g/mol. The lowest BCUT2D eigenvalue weighted by Gasteiger charge is -2.24. The van der Waals surface area contributed by atoms with Crippen LogP contribution in [-0.2, 0) is 9.47 Å². The molecule has 2 aromatic rings. The maximum atomic E-state index is 12.5. The quantitative estimate of drug-likeness (QED) is 0.423. The summed E-state index contributed by atoms with van der Waals surface area (Å²) < 4.78 is 10.7. The number of anilines is 1. The molecule has 0 saturated carbocycles. The molecule has 1 amide bonds. The molecule has 1 aliphatic rings. The topological polar surface area (TPSA) is 89.5 Å². The molecule has 2 heterocycles. The Morgan fingerprint density at radius 2 is 2.07 bits per heavy atom. The normalized spacial score (nSPS) is 16.4. The van der Waals surface area contributed by atoms with Crippen molar-refractivity contribution in [2.24, 2.45) is 0 Å². The lowest BCUT2D eigenvalue weighted by molar-refractivity contribution is 0.0531. The number of amides is 1. The Morgan fingerprint density at radius 1 is 1.36 bits per heavy atom. The number of ether oxygens (including phenoxy) is 2. The average molecular weight is 420 g/mol. The molecule has 148 valence electrons. The van der Waals surface area contributed by atoms with Crippen LogP contribution in [0.5, 0.6) is 0 Å². The van der Waals surface area contributed by atoms with Crippen molar-refractivity contribution < 1.29 is 19.1 Å². The number of rotatable bonds is 6. The van der Waals surface area contributed by atoms with Crippen LogP contribution in [0.3, 0.4) is 0 Å². The minimum Gasteiger partial charge on any atom is -0.462 e. The number of hydrogen-bond donors (Lipinski definition) is 2. The first-order valence-corrected chi connectivity index (χ1v) is 10.1. The highest BCUT2D eigenvalue weighted by atomic mass is 32.1. The number of benzene rings is 1. The standard InChI is InChI=1S/C19H21N3O4S2/c1-3-25-18(24)16-11(2)21-19(28-16)22-17(23)13-6-4-12(5-7-13)15(27)14-10-20-8-9-26-14/h4-7,14,20H,3,8-10H2,1-2H3,(H,21,22,23). The Balaban J connectivity index is 1.66. The maximum absolute atomic E-state index is 12.5. The van der Waals surface area contributed by atoms with E-state index in [1.54, 1.807) is 26.0 Å². The van der Waals surface area contributed by atoms with Crippen molar-refractivity contribution in [2.75, 3.05) is 31.6 Å². The van der Waals surface area contributed by atoms with Crippen LogP contribution >= 0.6 is 23.6 Å². The number of carbonyl (C=O) groups excluding carboxylic acids is 2. The van der Waals surface area contributed by atoms with Gasteiger partial charge in [0.25, 0.3) is 5.91 Å². The number of nitrogens with zero attached hydrogens (tertiary/aromatic N) is 1. The predicted octanol–water partition coefficient (Wildman–Crippen LogP) is 2.59. The maximum Gasteiger partial charge on any atom is 0.350 e. The molecule has 9 heteroatoms. The fraction of sp³-hybridized carbons (Fsp3) is 0.368. The average Bonchev–Trinajstić information content (AvgIpc) is 3.08. The molecule has 7 nitrogen and oxygen atoms in total. The van der Waals surface area contributed by atoms with Crippen LogP contribution in [0, 0.1) is 6.92 Å². The molecule has 1 saturated heterocycles. The number of nitrogens with one attached hydrogen (secondary N) is 2. The number of esters is 1. The van der Waals surface area contributed by atoms with Gasteiger partial charge in [-0.2, -0.15) is 0 Å². The summed E-state index contributed by atoms with van der Waals surface area (Å²) in [5.74, 6) is -0.743. The number of aromatic nitrogens is 1.